The van der Waals surface area contributed by atoms with Crippen LogP contribution in [0.5, 0.6) is 0 Å². The summed E-state index contributed by atoms with van der Waals surface area (Å²) in [5, 5.41) is 1.39. The maximum Gasteiger partial charge on any atom is 0.0733 e. The Morgan fingerprint density at radius 1 is 1.50 bits per heavy atom. The van der Waals surface area contributed by atoms with Gasteiger partial charge in [-0.05, 0) is 29.7 Å². The highest BCUT2D eigenvalue weighted by molar-refractivity contribution is 7.80. The van der Waals surface area contributed by atoms with Gasteiger partial charge in [0.1, 0.15) is 0 Å². The van der Waals surface area contributed by atoms with Crippen molar-refractivity contribution in [2.45, 2.75) is 19.3 Å². The molecule has 0 amide bonds. The Hall–Kier alpha value is -0.310. The Morgan fingerprint density at radius 2 is 2.14 bits per heavy atom. The van der Waals surface area contributed by atoms with Gasteiger partial charge in [-0.15, -0.1) is 0 Å². The predicted octanol–water partition coefficient (Wildman–Crippen LogP) is 3.77. The summed E-state index contributed by atoms with van der Waals surface area (Å²) < 4.78 is 0. The van der Waals surface area contributed by atoms with Crippen molar-refractivity contribution < 1.29 is 0 Å². The summed E-state index contributed by atoms with van der Waals surface area (Å²) in [4.78, 5) is 0.494. The molecular formula is C10H11Cl2NS. The van der Waals surface area contributed by atoms with Crippen LogP contribution in [0.1, 0.15) is 24.8 Å². The van der Waals surface area contributed by atoms with Crippen LogP contribution in [0.4, 0.5) is 0 Å². The second-order valence-electron chi connectivity index (χ2n) is 3.24. The Morgan fingerprint density at radius 3 is 2.71 bits per heavy atom. The molecule has 0 fully saturated rings. The van der Waals surface area contributed by atoms with Crippen LogP contribution in [0.15, 0.2) is 18.2 Å². The average Bonchev–Trinajstić information content (AvgIpc) is 2.08. The van der Waals surface area contributed by atoms with Crippen molar-refractivity contribution in [3.63, 3.8) is 0 Å². The molecule has 76 valence electrons. The van der Waals surface area contributed by atoms with E-state index >= 15 is 0 Å². The van der Waals surface area contributed by atoms with Gasteiger partial charge in [-0.1, -0.05) is 42.3 Å². The van der Waals surface area contributed by atoms with Crippen LogP contribution in [-0.4, -0.2) is 4.99 Å². The number of halogens is 2. The van der Waals surface area contributed by atoms with Gasteiger partial charge in [0.05, 0.1) is 4.99 Å². The van der Waals surface area contributed by atoms with Crippen molar-refractivity contribution in [3.8, 4) is 0 Å². The van der Waals surface area contributed by atoms with E-state index in [1.54, 1.807) is 12.1 Å². The van der Waals surface area contributed by atoms with Crippen molar-refractivity contribution in [1.29, 1.82) is 0 Å². The van der Waals surface area contributed by atoms with Gasteiger partial charge in [-0.2, -0.15) is 0 Å². The highest BCUT2D eigenvalue weighted by Gasteiger charge is 2.11. The van der Waals surface area contributed by atoms with Gasteiger partial charge in [0.2, 0.25) is 0 Å². The molecule has 1 unspecified atom stereocenters. The van der Waals surface area contributed by atoms with Crippen molar-refractivity contribution in [1.82, 2.24) is 0 Å². The Balaban J connectivity index is 2.93. The molecule has 0 radical (unpaired) electrons. The first-order valence-electron chi connectivity index (χ1n) is 4.24. The molecule has 2 N–H and O–H groups in total. The van der Waals surface area contributed by atoms with Crippen LogP contribution in [-0.2, 0) is 0 Å². The third-order valence-electron chi connectivity index (χ3n) is 2.00. The van der Waals surface area contributed by atoms with E-state index in [4.69, 9.17) is 41.2 Å². The Bertz CT molecular complexity index is 352. The molecule has 0 spiro atoms. The van der Waals surface area contributed by atoms with E-state index in [0.29, 0.717) is 21.5 Å². The molecule has 1 atom stereocenters. The third kappa shape index (κ3) is 3.12. The number of nitrogens with two attached hydrogens (primary N) is 1. The number of thiocarbonyl (C=S) groups is 1. The first-order valence-corrected chi connectivity index (χ1v) is 5.40. The fraction of sp³-hybridized carbons (Fsp3) is 0.300. The summed E-state index contributed by atoms with van der Waals surface area (Å²) in [7, 11) is 0. The second-order valence-corrected chi connectivity index (χ2v) is 4.61. The zero-order valence-electron chi connectivity index (χ0n) is 7.76. The fourth-order valence-electron chi connectivity index (χ4n) is 1.30. The van der Waals surface area contributed by atoms with E-state index in [9.17, 15) is 0 Å². The van der Waals surface area contributed by atoms with Crippen LogP contribution in [0.2, 0.25) is 10.0 Å². The number of hydrogen-bond acceptors (Lipinski definition) is 1. The minimum absolute atomic E-state index is 0.207. The first kappa shape index (κ1) is 11.8. The van der Waals surface area contributed by atoms with Gasteiger partial charge >= 0.3 is 0 Å². The lowest BCUT2D eigenvalue weighted by Gasteiger charge is -2.12. The largest absolute Gasteiger partial charge is 0.393 e. The molecule has 0 aliphatic carbocycles. The highest BCUT2D eigenvalue weighted by Crippen LogP contribution is 2.29. The molecule has 0 aliphatic heterocycles. The molecule has 0 bridgehead atoms. The maximum absolute atomic E-state index is 6.03. The molecule has 1 nitrogen and oxygen atoms in total. The number of benzene rings is 1. The van der Waals surface area contributed by atoms with Crippen molar-refractivity contribution in [2.75, 3.05) is 0 Å². The zero-order chi connectivity index (χ0) is 10.7. The van der Waals surface area contributed by atoms with Crippen LogP contribution in [0, 0.1) is 0 Å². The normalized spacial score (nSPS) is 12.5. The van der Waals surface area contributed by atoms with Crippen LogP contribution >= 0.6 is 35.4 Å². The quantitative estimate of drug-likeness (QED) is 0.824. The van der Waals surface area contributed by atoms with Gasteiger partial charge in [0, 0.05) is 16.5 Å². The van der Waals surface area contributed by atoms with Crippen LogP contribution < -0.4 is 5.73 Å². The fourth-order valence-corrected chi connectivity index (χ4v) is 2.04. The SMILES string of the molecule is CC(CC(N)=S)c1cc(Cl)ccc1Cl. The summed E-state index contributed by atoms with van der Waals surface area (Å²) in [6.07, 6.45) is 0.648. The lowest BCUT2D eigenvalue weighted by molar-refractivity contribution is 0.807. The maximum atomic E-state index is 6.03. The van der Waals surface area contributed by atoms with E-state index in [1.807, 2.05) is 13.0 Å². The van der Waals surface area contributed by atoms with Gasteiger partial charge in [0.15, 0.2) is 0 Å². The summed E-state index contributed by atoms with van der Waals surface area (Å²) in [6, 6.07) is 5.41. The van der Waals surface area contributed by atoms with E-state index in [0.717, 1.165) is 5.56 Å². The molecule has 0 heterocycles. The summed E-state index contributed by atoms with van der Waals surface area (Å²) in [5.74, 6) is 0.207. The lowest BCUT2D eigenvalue weighted by atomic mass is 9.98. The molecule has 1 aromatic carbocycles. The molecule has 1 rings (SSSR count). The summed E-state index contributed by atoms with van der Waals surface area (Å²) in [5.41, 5.74) is 6.47. The van der Waals surface area contributed by atoms with Gasteiger partial charge < -0.3 is 5.73 Å². The van der Waals surface area contributed by atoms with Crippen molar-refractivity contribution >= 4 is 40.4 Å². The second kappa shape index (κ2) is 4.96. The predicted molar refractivity (Wildman–Crippen MR) is 66.3 cm³/mol. The molecule has 4 heteroatoms. The van der Waals surface area contributed by atoms with Gasteiger partial charge in [-0.3, -0.25) is 0 Å². The number of hydrogen-bond donors (Lipinski definition) is 1. The molecule has 0 aliphatic rings. The van der Waals surface area contributed by atoms with Crippen molar-refractivity contribution in [2.24, 2.45) is 5.73 Å². The standard InChI is InChI=1S/C10H11Cl2NS/c1-6(4-10(13)14)8-5-7(11)2-3-9(8)12/h2-3,5-6H,4H2,1H3,(H2,13,14). The van der Waals surface area contributed by atoms with E-state index in [2.05, 4.69) is 0 Å². The van der Waals surface area contributed by atoms with Crippen LogP contribution in [0.25, 0.3) is 0 Å². The summed E-state index contributed by atoms with van der Waals surface area (Å²) in [6.45, 7) is 2.02. The monoisotopic (exact) mass is 247 g/mol. The van der Waals surface area contributed by atoms with Gasteiger partial charge in [-0.25, -0.2) is 0 Å². The zero-order valence-corrected chi connectivity index (χ0v) is 10.1. The molecule has 14 heavy (non-hydrogen) atoms. The average molecular weight is 248 g/mol. The molecule has 0 saturated carbocycles. The lowest BCUT2D eigenvalue weighted by Crippen LogP contribution is -2.11. The van der Waals surface area contributed by atoms with E-state index in [-0.39, 0.29) is 5.92 Å². The minimum atomic E-state index is 0.207. The first-order chi connectivity index (χ1) is 6.50. The van der Waals surface area contributed by atoms with Crippen molar-refractivity contribution in [3.05, 3.63) is 33.8 Å². The number of rotatable bonds is 3. The Labute approximate surface area is 99.2 Å². The minimum Gasteiger partial charge on any atom is -0.393 e. The molecular weight excluding hydrogens is 237 g/mol. The smallest absolute Gasteiger partial charge is 0.0733 e. The third-order valence-corrected chi connectivity index (χ3v) is 2.74. The van der Waals surface area contributed by atoms with Crippen LogP contribution in [0.3, 0.4) is 0 Å². The Kier molecular flexibility index (Phi) is 4.17. The molecule has 1 aromatic rings. The topological polar surface area (TPSA) is 26.0 Å². The van der Waals surface area contributed by atoms with Gasteiger partial charge in [0.25, 0.3) is 0 Å². The highest BCUT2D eigenvalue weighted by atomic mass is 35.5. The molecule has 0 aromatic heterocycles. The van der Waals surface area contributed by atoms with E-state index in [1.165, 1.54) is 0 Å². The van der Waals surface area contributed by atoms with E-state index < -0.39 is 0 Å². The summed E-state index contributed by atoms with van der Waals surface area (Å²) >= 11 is 16.8. The molecule has 0 saturated heterocycles.